The maximum atomic E-state index is 11.2. The molecule has 3 heterocycles. The van der Waals surface area contributed by atoms with Crippen molar-refractivity contribution in [1.82, 2.24) is 9.88 Å². The van der Waals surface area contributed by atoms with Crippen LogP contribution in [-0.2, 0) is 13.0 Å². The molecule has 1 aromatic heterocycles. The molecule has 1 aromatic carbocycles. The number of piperidine rings is 1. The largest absolute Gasteiger partial charge is 0.493 e. The summed E-state index contributed by atoms with van der Waals surface area (Å²) in [6.45, 7) is 3.49. The first-order valence-electron chi connectivity index (χ1n) is 9.18. The maximum Gasteiger partial charge on any atom is 0.334 e. The molecule has 0 spiro atoms. The Morgan fingerprint density at radius 3 is 2.81 bits per heavy atom. The van der Waals surface area contributed by atoms with Crippen molar-refractivity contribution in [1.29, 1.82) is 0 Å². The number of aromatic nitrogens is 1. The lowest BCUT2D eigenvalue weighted by atomic mass is 9.89. The molecule has 0 saturated carbocycles. The molecule has 0 amide bonds. The van der Waals surface area contributed by atoms with Crippen molar-refractivity contribution in [3.63, 3.8) is 0 Å². The maximum absolute atomic E-state index is 11.2. The summed E-state index contributed by atoms with van der Waals surface area (Å²) in [5.74, 6) is 1.05. The molecule has 27 heavy (non-hydrogen) atoms. The molecule has 2 aliphatic rings. The van der Waals surface area contributed by atoms with Crippen LogP contribution in [0.3, 0.4) is 0 Å². The average Bonchev–Trinajstić information content (AvgIpc) is 3.10. The summed E-state index contributed by atoms with van der Waals surface area (Å²) in [7, 11) is 0. The van der Waals surface area contributed by atoms with Gasteiger partial charge in [0.15, 0.2) is 0 Å². The standard InChI is InChI=1S/C19H23N5O3/c20-17-15(10-22-19(21)18(17)24(25)26)13-3-6-23(7-4-13)11-12-1-2-16-14(9-12)5-8-27-16/h1-2,9-10,13H,3-8,11H2,(H4,20,21,22). The first-order chi connectivity index (χ1) is 13.0. The molecule has 142 valence electrons. The number of fused-ring (bicyclic) bond motifs is 1. The SMILES string of the molecule is Nc1ncc(C2CCN(Cc3ccc4c(c3)CCO4)CC2)c(N)c1[N+](=O)[O-]. The topological polar surface area (TPSA) is 121 Å². The number of nitro groups is 1. The van der Waals surface area contributed by atoms with Gasteiger partial charge in [0.2, 0.25) is 5.82 Å². The monoisotopic (exact) mass is 369 g/mol. The normalized spacial score (nSPS) is 17.5. The molecule has 8 nitrogen and oxygen atoms in total. The molecule has 2 aliphatic heterocycles. The van der Waals surface area contributed by atoms with Gasteiger partial charge < -0.3 is 16.2 Å². The lowest BCUT2D eigenvalue weighted by Gasteiger charge is -2.32. The van der Waals surface area contributed by atoms with Gasteiger partial charge in [0.25, 0.3) is 0 Å². The summed E-state index contributed by atoms with van der Waals surface area (Å²) in [6.07, 6.45) is 4.36. The fourth-order valence-corrected chi connectivity index (χ4v) is 4.06. The Balaban J connectivity index is 1.42. The van der Waals surface area contributed by atoms with E-state index in [0.29, 0.717) is 0 Å². The van der Waals surface area contributed by atoms with Gasteiger partial charge in [0.05, 0.1) is 11.5 Å². The van der Waals surface area contributed by atoms with Gasteiger partial charge in [-0.05, 0) is 49.0 Å². The lowest BCUT2D eigenvalue weighted by Crippen LogP contribution is -2.32. The van der Waals surface area contributed by atoms with Crippen molar-refractivity contribution in [3.8, 4) is 5.75 Å². The van der Waals surface area contributed by atoms with Gasteiger partial charge in [-0.1, -0.05) is 12.1 Å². The van der Waals surface area contributed by atoms with Crippen molar-refractivity contribution < 1.29 is 9.66 Å². The molecule has 1 saturated heterocycles. The Morgan fingerprint density at radius 1 is 1.30 bits per heavy atom. The Morgan fingerprint density at radius 2 is 2.07 bits per heavy atom. The van der Waals surface area contributed by atoms with E-state index in [1.54, 1.807) is 6.20 Å². The third-order valence-corrected chi connectivity index (χ3v) is 5.52. The van der Waals surface area contributed by atoms with Crippen LogP contribution < -0.4 is 16.2 Å². The zero-order valence-corrected chi connectivity index (χ0v) is 15.1. The number of nitrogens with zero attached hydrogens (tertiary/aromatic N) is 3. The molecule has 4 rings (SSSR count). The first-order valence-corrected chi connectivity index (χ1v) is 9.18. The third kappa shape index (κ3) is 3.40. The summed E-state index contributed by atoms with van der Waals surface area (Å²) in [5.41, 5.74) is 14.9. The summed E-state index contributed by atoms with van der Waals surface area (Å²) in [5, 5.41) is 11.2. The highest BCUT2D eigenvalue weighted by atomic mass is 16.6. The van der Waals surface area contributed by atoms with E-state index in [-0.39, 0.29) is 23.1 Å². The zero-order valence-electron chi connectivity index (χ0n) is 15.1. The van der Waals surface area contributed by atoms with Crippen LogP contribution in [0, 0.1) is 10.1 Å². The third-order valence-electron chi connectivity index (χ3n) is 5.52. The number of nitrogen functional groups attached to an aromatic ring is 2. The number of ether oxygens (including phenoxy) is 1. The Labute approximate surface area is 157 Å². The zero-order chi connectivity index (χ0) is 19.0. The van der Waals surface area contributed by atoms with E-state index < -0.39 is 4.92 Å². The highest BCUT2D eigenvalue weighted by Gasteiger charge is 2.28. The van der Waals surface area contributed by atoms with Crippen LogP contribution in [0.2, 0.25) is 0 Å². The molecular formula is C19H23N5O3. The van der Waals surface area contributed by atoms with E-state index in [0.717, 1.165) is 56.8 Å². The number of rotatable bonds is 4. The van der Waals surface area contributed by atoms with Gasteiger partial charge in [-0.25, -0.2) is 4.98 Å². The molecule has 0 unspecified atom stereocenters. The van der Waals surface area contributed by atoms with Crippen LogP contribution >= 0.6 is 0 Å². The minimum absolute atomic E-state index is 0.126. The first kappa shape index (κ1) is 17.5. The number of pyridine rings is 1. The fraction of sp³-hybridized carbons (Fsp3) is 0.421. The number of benzene rings is 1. The quantitative estimate of drug-likeness (QED) is 0.627. The summed E-state index contributed by atoms with van der Waals surface area (Å²) < 4.78 is 5.56. The van der Waals surface area contributed by atoms with Crippen molar-refractivity contribution in [2.45, 2.75) is 31.7 Å². The summed E-state index contributed by atoms with van der Waals surface area (Å²) in [6, 6.07) is 6.42. The Kier molecular flexibility index (Phi) is 4.57. The van der Waals surface area contributed by atoms with Crippen LogP contribution in [-0.4, -0.2) is 34.5 Å². The molecule has 0 bridgehead atoms. The van der Waals surface area contributed by atoms with Crippen molar-refractivity contribution >= 4 is 17.2 Å². The second kappa shape index (κ2) is 7.03. The molecule has 0 aliphatic carbocycles. The highest BCUT2D eigenvalue weighted by molar-refractivity contribution is 5.72. The smallest absolute Gasteiger partial charge is 0.334 e. The van der Waals surface area contributed by atoms with Gasteiger partial charge in [-0.15, -0.1) is 0 Å². The van der Waals surface area contributed by atoms with Crippen molar-refractivity contribution in [2.24, 2.45) is 0 Å². The van der Waals surface area contributed by atoms with Crippen LogP contribution in [0.5, 0.6) is 5.75 Å². The molecule has 1 fully saturated rings. The van der Waals surface area contributed by atoms with E-state index in [4.69, 9.17) is 16.2 Å². The number of hydrogen-bond donors (Lipinski definition) is 2. The number of hydrogen-bond acceptors (Lipinski definition) is 7. The van der Waals surface area contributed by atoms with Crippen molar-refractivity contribution in [3.05, 3.63) is 51.2 Å². The molecule has 2 aromatic rings. The number of nitrogens with two attached hydrogens (primary N) is 2. The van der Waals surface area contributed by atoms with Crippen LogP contribution in [0.15, 0.2) is 24.4 Å². The van der Waals surface area contributed by atoms with E-state index >= 15 is 0 Å². The van der Waals surface area contributed by atoms with E-state index in [9.17, 15) is 10.1 Å². The van der Waals surface area contributed by atoms with Crippen LogP contribution in [0.1, 0.15) is 35.4 Å². The van der Waals surface area contributed by atoms with Crippen LogP contribution in [0.4, 0.5) is 17.2 Å². The van der Waals surface area contributed by atoms with Gasteiger partial charge >= 0.3 is 5.69 Å². The Hall–Kier alpha value is -2.87. The van der Waals surface area contributed by atoms with E-state index in [2.05, 4.69) is 28.1 Å². The lowest BCUT2D eigenvalue weighted by molar-refractivity contribution is -0.383. The molecule has 0 atom stereocenters. The Bertz CT molecular complexity index is 878. The van der Waals surface area contributed by atoms with Gasteiger partial charge in [0, 0.05) is 24.7 Å². The number of anilines is 2. The minimum Gasteiger partial charge on any atom is -0.493 e. The molecule has 8 heteroatoms. The second-order valence-corrected chi connectivity index (χ2v) is 7.21. The van der Waals surface area contributed by atoms with E-state index in [1.165, 1.54) is 11.1 Å². The predicted octanol–water partition coefficient (Wildman–Crippen LogP) is 2.47. The second-order valence-electron chi connectivity index (χ2n) is 7.21. The molecule has 4 N–H and O–H groups in total. The van der Waals surface area contributed by atoms with E-state index in [1.807, 2.05) is 0 Å². The molecular weight excluding hydrogens is 346 g/mol. The fourth-order valence-electron chi connectivity index (χ4n) is 4.06. The summed E-state index contributed by atoms with van der Waals surface area (Å²) in [4.78, 5) is 17.0. The van der Waals surface area contributed by atoms with Crippen LogP contribution in [0.25, 0.3) is 0 Å². The minimum atomic E-state index is -0.548. The summed E-state index contributed by atoms with van der Waals surface area (Å²) >= 11 is 0. The molecule has 0 radical (unpaired) electrons. The van der Waals surface area contributed by atoms with Gasteiger partial charge in [-0.3, -0.25) is 15.0 Å². The number of likely N-dealkylation sites (tertiary alicyclic amines) is 1. The average molecular weight is 369 g/mol. The predicted molar refractivity (Wildman–Crippen MR) is 103 cm³/mol. The highest BCUT2D eigenvalue weighted by Crippen LogP contribution is 2.38. The van der Waals surface area contributed by atoms with Crippen molar-refractivity contribution in [2.75, 3.05) is 31.2 Å². The van der Waals surface area contributed by atoms with Gasteiger partial charge in [0.1, 0.15) is 11.4 Å². The van der Waals surface area contributed by atoms with Gasteiger partial charge in [-0.2, -0.15) is 0 Å².